The van der Waals surface area contributed by atoms with Gasteiger partial charge in [-0.05, 0) is 54.5 Å². The van der Waals surface area contributed by atoms with E-state index < -0.39 is 35.2 Å². The Kier molecular flexibility index (Phi) is 10.2. The number of carboxylic acid groups (broad SMARTS) is 1. The average Bonchev–Trinajstić information content (AvgIpc) is 3.02. The van der Waals surface area contributed by atoms with Gasteiger partial charge in [0.1, 0.15) is 0 Å². The van der Waals surface area contributed by atoms with Gasteiger partial charge in [0.05, 0.1) is 18.2 Å². The van der Waals surface area contributed by atoms with Gasteiger partial charge in [-0.25, -0.2) is 13.6 Å². The molecule has 3 aliphatic rings. The number of halogens is 3. The summed E-state index contributed by atoms with van der Waals surface area (Å²) in [4.78, 5) is 41.4. The van der Waals surface area contributed by atoms with E-state index in [-0.39, 0.29) is 43.0 Å². The van der Waals surface area contributed by atoms with E-state index in [1.807, 2.05) is 29.2 Å². The molecule has 5 rings (SSSR count). The lowest BCUT2D eigenvalue weighted by atomic mass is 9.83. The molecule has 0 saturated carbocycles. The minimum Gasteiger partial charge on any atom is -0.488 e. The lowest BCUT2D eigenvalue weighted by Crippen LogP contribution is -2.61. The molecular weight excluding hydrogens is 577 g/mol. The minimum absolute atomic E-state index is 0.00985. The van der Waals surface area contributed by atoms with Gasteiger partial charge in [0.2, 0.25) is 17.6 Å². The van der Waals surface area contributed by atoms with Gasteiger partial charge < -0.3 is 30.3 Å². The van der Waals surface area contributed by atoms with Crippen LogP contribution in [0.15, 0.2) is 42.0 Å². The predicted molar refractivity (Wildman–Crippen MR) is 156 cm³/mol. The van der Waals surface area contributed by atoms with Crippen LogP contribution in [0, 0.1) is 17.5 Å². The van der Waals surface area contributed by atoms with Crippen LogP contribution < -0.4 is 15.4 Å². The number of aliphatic carboxylic acids is 1. The molecule has 2 bridgehead atoms. The van der Waals surface area contributed by atoms with E-state index >= 15 is 0 Å². The van der Waals surface area contributed by atoms with Crippen molar-refractivity contribution in [2.24, 2.45) is 0 Å². The van der Waals surface area contributed by atoms with Crippen molar-refractivity contribution >= 4 is 23.4 Å². The average molecular weight is 615 g/mol. The topological polar surface area (TPSA) is 111 Å². The number of amides is 2. The molecule has 2 aromatic rings. The Morgan fingerprint density at radius 2 is 1.57 bits per heavy atom. The number of piperazine rings is 2. The Hall–Kier alpha value is -3.90. The molecule has 236 valence electrons. The van der Waals surface area contributed by atoms with Gasteiger partial charge in [0.15, 0.2) is 17.4 Å². The second-order valence-electron chi connectivity index (χ2n) is 11.4. The normalized spacial score (nSPS) is 20.1. The maximum absolute atomic E-state index is 13.8. The van der Waals surface area contributed by atoms with E-state index in [4.69, 9.17) is 4.74 Å². The molecule has 12 heteroatoms. The fraction of sp³-hybridized carbons (Fsp3) is 0.469. The Morgan fingerprint density at radius 1 is 0.886 bits per heavy atom. The number of fused-ring (bicyclic) bond motifs is 2. The third-order valence-corrected chi connectivity index (χ3v) is 8.40. The summed E-state index contributed by atoms with van der Waals surface area (Å²) < 4.78 is 46.0. The van der Waals surface area contributed by atoms with Crippen LogP contribution in [0.5, 0.6) is 5.75 Å². The number of hydrogen-bond acceptors (Lipinski definition) is 6. The van der Waals surface area contributed by atoms with Gasteiger partial charge in [-0.1, -0.05) is 24.3 Å². The van der Waals surface area contributed by atoms with Gasteiger partial charge in [-0.2, -0.15) is 4.39 Å². The van der Waals surface area contributed by atoms with E-state index in [2.05, 4.69) is 10.6 Å². The molecule has 2 aromatic carbocycles. The molecule has 3 N–H and O–H groups in total. The summed E-state index contributed by atoms with van der Waals surface area (Å²) in [6, 6.07) is 8.38. The Bertz CT molecular complexity index is 1410. The third kappa shape index (κ3) is 7.41. The van der Waals surface area contributed by atoms with Crippen molar-refractivity contribution in [2.45, 2.75) is 50.6 Å². The van der Waals surface area contributed by atoms with E-state index in [0.717, 1.165) is 35.9 Å². The van der Waals surface area contributed by atoms with Crippen LogP contribution in [0.1, 0.15) is 43.2 Å². The summed E-state index contributed by atoms with van der Waals surface area (Å²) in [7, 11) is 0. The summed E-state index contributed by atoms with van der Waals surface area (Å²) in [5.74, 6) is -5.27. The lowest BCUT2D eigenvalue weighted by molar-refractivity contribution is -0.137. The highest BCUT2D eigenvalue weighted by atomic mass is 19.2. The molecule has 44 heavy (non-hydrogen) atoms. The second kappa shape index (κ2) is 14.3. The van der Waals surface area contributed by atoms with Crippen LogP contribution in [0.3, 0.4) is 0 Å². The van der Waals surface area contributed by atoms with Crippen LogP contribution in [0.4, 0.5) is 13.2 Å². The fourth-order valence-electron chi connectivity index (χ4n) is 6.16. The predicted octanol–water partition coefficient (Wildman–Crippen LogP) is 3.13. The second-order valence-corrected chi connectivity index (χ2v) is 11.4. The number of benzene rings is 2. The molecule has 3 heterocycles. The Labute approximate surface area is 254 Å². The monoisotopic (exact) mass is 614 g/mol. The Balaban J connectivity index is 1.16. The van der Waals surface area contributed by atoms with Crippen molar-refractivity contribution in [2.75, 3.05) is 45.9 Å². The smallest absolute Gasteiger partial charge is 0.333 e. The molecule has 2 fully saturated rings. The SMILES string of the molecule is O=C(O)C1=C(c2ccc(CCCOc3c(F)ccc(F)c3F)cc2)CC2CN(C(=O)CCCC(=O)N3CCNCC3)CC1N2. The van der Waals surface area contributed by atoms with Crippen LogP contribution in [0.25, 0.3) is 5.57 Å². The van der Waals surface area contributed by atoms with Gasteiger partial charge in [-0.15, -0.1) is 0 Å². The number of aryl methyl sites for hydroxylation is 1. The molecule has 0 spiro atoms. The van der Waals surface area contributed by atoms with Crippen molar-refractivity contribution in [1.82, 2.24) is 20.4 Å². The van der Waals surface area contributed by atoms with E-state index in [9.17, 15) is 32.7 Å². The largest absolute Gasteiger partial charge is 0.488 e. The lowest BCUT2D eigenvalue weighted by Gasteiger charge is -2.43. The summed E-state index contributed by atoms with van der Waals surface area (Å²) in [6.45, 7) is 3.62. The molecule has 2 atom stereocenters. The van der Waals surface area contributed by atoms with Crippen LogP contribution in [-0.2, 0) is 20.8 Å². The zero-order valence-electron chi connectivity index (χ0n) is 24.4. The first kappa shape index (κ1) is 31.5. The number of rotatable bonds is 11. The molecule has 0 radical (unpaired) electrons. The molecule has 0 aromatic heterocycles. The number of ether oxygens (including phenoxy) is 1. The Morgan fingerprint density at radius 3 is 2.27 bits per heavy atom. The van der Waals surface area contributed by atoms with Crippen molar-refractivity contribution in [3.8, 4) is 5.75 Å². The molecular formula is C32H37F3N4O5. The third-order valence-electron chi connectivity index (χ3n) is 8.40. The molecule has 9 nitrogen and oxygen atoms in total. The summed E-state index contributed by atoms with van der Waals surface area (Å²) >= 11 is 0. The highest BCUT2D eigenvalue weighted by Gasteiger charge is 2.39. The summed E-state index contributed by atoms with van der Waals surface area (Å²) in [5, 5.41) is 16.7. The zero-order valence-corrected chi connectivity index (χ0v) is 24.4. The zero-order chi connectivity index (χ0) is 31.2. The minimum atomic E-state index is -1.35. The number of nitrogens with one attached hydrogen (secondary N) is 2. The quantitative estimate of drug-likeness (QED) is 0.264. The highest BCUT2D eigenvalue weighted by Crippen LogP contribution is 2.34. The molecule has 3 aliphatic heterocycles. The van der Waals surface area contributed by atoms with Gasteiger partial charge >= 0.3 is 5.97 Å². The maximum atomic E-state index is 13.8. The maximum Gasteiger partial charge on any atom is 0.333 e. The molecule has 2 unspecified atom stereocenters. The van der Waals surface area contributed by atoms with Crippen LogP contribution in [0.2, 0.25) is 0 Å². The van der Waals surface area contributed by atoms with Crippen LogP contribution >= 0.6 is 0 Å². The molecule has 0 aliphatic carbocycles. The first-order valence-corrected chi connectivity index (χ1v) is 15.1. The number of carbonyl (C=O) groups excluding carboxylic acids is 2. The summed E-state index contributed by atoms with van der Waals surface area (Å²) in [5.41, 5.74) is 2.69. The van der Waals surface area contributed by atoms with Gasteiger partial charge in [0.25, 0.3) is 0 Å². The first-order valence-electron chi connectivity index (χ1n) is 15.1. The number of carboxylic acids is 1. The van der Waals surface area contributed by atoms with Crippen molar-refractivity contribution in [3.63, 3.8) is 0 Å². The van der Waals surface area contributed by atoms with E-state index in [0.29, 0.717) is 57.8 Å². The van der Waals surface area contributed by atoms with Gasteiger partial charge in [-0.3, -0.25) is 9.59 Å². The van der Waals surface area contributed by atoms with E-state index in [1.54, 1.807) is 4.90 Å². The first-order chi connectivity index (χ1) is 21.2. The summed E-state index contributed by atoms with van der Waals surface area (Å²) in [6.07, 6.45) is 2.44. The molecule has 2 amide bonds. The number of carbonyl (C=O) groups is 3. The highest BCUT2D eigenvalue weighted by molar-refractivity contribution is 5.99. The number of nitrogens with zero attached hydrogens (tertiary/aromatic N) is 2. The van der Waals surface area contributed by atoms with Crippen molar-refractivity contribution in [3.05, 3.63) is 70.5 Å². The molecule has 2 saturated heterocycles. The van der Waals surface area contributed by atoms with Gasteiger partial charge in [0, 0.05) is 58.2 Å². The van der Waals surface area contributed by atoms with E-state index in [1.165, 1.54) is 0 Å². The standard InChI is InChI=1S/C32H37F3N4O5/c33-24-10-11-25(34)31(30(24)35)44-16-2-3-20-6-8-21(9-7-20)23-17-22-18-39(19-26(37-22)29(23)32(42)43)28(41)5-1-4-27(40)38-14-12-36-13-15-38/h6-11,22,26,36-37H,1-5,12-19H2,(H,42,43). The number of hydrogen-bond donors (Lipinski definition) is 3. The fourth-order valence-corrected chi connectivity index (χ4v) is 6.16. The van der Waals surface area contributed by atoms with Crippen LogP contribution in [-0.4, -0.2) is 90.6 Å². The van der Waals surface area contributed by atoms with Crippen molar-refractivity contribution in [1.29, 1.82) is 0 Å². The van der Waals surface area contributed by atoms with Crippen molar-refractivity contribution < 1.29 is 37.4 Å².